The second-order valence-corrected chi connectivity index (χ2v) is 9.62. The SMILES string of the molecule is O=C1[C@@H]2CCCC[C@@H]2C=NN1CCCCN1CCN(c2nsc3ccccc23)CC1. The van der Waals surface area contributed by atoms with Crippen LogP contribution in [0.25, 0.3) is 10.1 Å². The number of carbonyl (C=O) groups is 1. The van der Waals surface area contributed by atoms with E-state index in [1.54, 1.807) is 16.5 Å². The number of benzene rings is 1. The second kappa shape index (κ2) is 9.02. The van der Waals surface area contributed by atoms with E-state index in [0.29, 0.717) is 5.92 Å². The summed E-state index contributed by atoms with van der Waals surface area (Å²) in [7, 11) is 0. The Kier molecular flexibility index (Phi) is 6.00. The Morgan fingerprint density at radius 2 is 1.80 bits per heavy atom. The Bertz CT molecular complexity index is 904. The van der Waals surface area contributed by atoms with Crippen molar-refractivity contribution < 1.29 is 4.79 Å². The summed E-state index contributed by atoms with van der Waals surface area (Å²) in [6.45, 7) is 6.09. The monoisotopic (exact) mass is 425 g/mol. The molecular weight excluding hydrogens is 394 g/mol. The number of hydrazone groups is 1. The van der Waals surface area contributed by atoms with Gasteiger partial charge in [0.15, 0.2) is 0 Å². The van der Waals surface area contributed by atoms with Crippen LogP contribution < -0.4 is 4.90 Å². The van der Waals surface area contributed by atoms with Gasteiger partial charge in [-0.05, 0) is 55.9 Å². The van der Waals surface area contributed by atoms with Gasteiger partial charge in [-0.2, -0.15) is 9.47 Å². The molecule has 1 amide bonds. The van der Waals surface area contributed by atoms with Gasteiger partial charge >= 0.3 is 0 Å². The summed E-state index contributed by atoms with van der Waals surface area (Å²) in [6, 6.07) is 8.51. The number of aromatic nitrogens is 1. The predicted molar refractivity (Wildman–Crippen MR) is 123 cm³/mol. The lowest BCUT2D eigenvalue weighted by atomic mass is 9.78. The maximum absolute atomic E-state index is 12.7. The molecule has 7 heteroatoms. The van der Waals surface area contributed by atoms with Crippen LogP contribution in [0.5, 0.6) is 0 Å². The Labute approximate surface area is 182 Å². The van der Waals surface area contributed by atoms with E-state index in [0.717, 1.165) is 70.8 Å². The molecule has 3 heterocycles. The maximum Gasteiger partial charge on any atom is 0.246 e. The lowest BCUT2D eigenvalue weighted by Crippen LogP contribution is -2.47. The highest BCUT2D eigenvalue weighted by atomic mass is 32.1. The molecule has 1 saturated heterocycles. The highest BCUT2D eigenvalue weighted by Gasteiger charge is 2.35. The summed E-state index contributed by atoms with van der Waals surface area (Å²) in [4.78, 5) is 17.7. The Hall–Kier alpha value is -1.99. The van der Waals surface area contributed by atoms with E-state index in [1.807, 2.05) is 6.21 Å². The van der Waals surface area contributed by atoms with Crippen molar-refractivity contribution >= 4 is 39.6 Å². The van der Waals surface area contributed by atoms with Gasteiger partial charge in [-0.3, -0.25) is 9.69 Å². The van der Waals surface area contributed by atoms with Gasteiger partial charge in [0, 0.05) is 56.2 Å². The first-order chi connectivity index (χ1) is 14.8. The average molecular weight is 426 g/mol. The quantitative estimate of drug-likeness (QED) is 0.660. The molecule has 0 unspecified atom stereocenters. The van der Waals surface area contributed by atoms with Gasteiger partial charge in [0.25, 0.3) is 0 Å². The minimum Gasteiger partial charge on any atom is -0.353 e. The first kappa shape index (κ1) is 19.9. The molecule has 1 aromatic heterocycles. The molecule has 0 spiro atoms. The van der Waals surface area contributed by atoms with Crippen molar-refractivity contribution in [3.8, 4) is 0 Å². The van der Waals surface area contributed by atoms with Gasteiger partial charge in [-0.15, -0.1) is 0 Å². The van der Waals surface area contributed by atoms with E-state index in [2.05, 4.69) is 39.2 Å². The minimum atomic E-state index is 0.200. The summed E-state index contributed by atoms with van der Waals surface area (Å²) in [5.41, 5.74) is 0. The van der Waals surface area contributed by atoms with Gasteiger partial charge in [-0.1, -0.05) is 25.0 Å². The number of piperazine rings is 1. The largest absolute Gasteiger partial charge is 0.353 e. The van der Waals surface area contributed by atoms with Crippen LogP contribution in [0.4, 0.5) is 5.82 Å². The van der Waals surface area contributed by atoms with Gasteiger partial charge in [0.1, 0.15) is 5.82 Å². The molecule has 2 atom stereocenters. The normalized spacial score (nSPS) is 25.1. The molecule has 3 aliphatic rings. The number of unbranched alkanes of at least 4 members (excludes halogenated alkanes) is 1. The van der Waals surface area contributed by atoms with Crippen molar-refractivity contribution in [2.24, 2.45) is 16.9 Å². The molecule has 160 valence electrons. The number of rotatable bonds is 6. The van der Waals surface area contributed by atoms with Gasteiger partial charge < -0.3 is 4.90 Å². The second-order valence-electron chi connectivity index (χ2n) is 8.82. The van der Waals surface area contributed by atoms with E-state index in [4.69, 9.17) is 4.37 Å². The zero-order chi connectivity index (χ0) is 20.3. The van der Waals surface area contributed by atoms with Crippen LogP contribution in [-0.2, 0) is 4.79 Å². The molecule has 30 heavy (non-hydrogen) atoms. The van der Waals surface area contributed by atoms with E-state index in [-0.39, 0.29) is 11.8 Å². The lowest BCUT2D eigenvalue weighted by Gasteiger charge is -2.36. The van der Waals surface area contributed by atoms with E-state index >= 15 is 0 Å². The van der Waals surface area contributed by atoms with E-state index in [1.165, 1.54) is 22.9 Å². The zero-order valence-corrected chi connectivity index (χ0v) is 18.4. The minimum absolute atomic E-state index is 0.200. The fraction of sp³-hybridized carbons (Fsp3) is 0.609. The molecular formula is C23H31N5OS. The lowest BCUT2D eigenvalue weighted by molar-refractivity contribution is -0.138. The summed E-state index contributed by atoms with van der Waals surface area (Å²) < 4.78 is 5.97. The third-order valence-electron chi connectivity index (χ3n) is 6.91. The standard InChI is InChI=1S/C23H31N5OS/c29-23-19-8-2-1-7-18(19)17-24-28(23)12-6-5-11-26-13-15-27(16-14-26)22-20-9-3-4-10-21(20)30-25-22/h3-4,9-10,17-19H,1-2,5-8,11-16H2/t18-,19-/m1/s1. The molecule has 2 aliphatic heterocycles. The molecule has 5 rings (SSSR count). The number of hydrogen-bond donors (Lipinski definition) is 0. The Morgan fingerprint density at radius 1 is 1.00 bits per heavy atom. The fourth-order valence-corrected chi connectivity index (χ4v) is 5.90. The number of hydrogen-bond acceptors (Lipinski definition) is 6. The van der Waals surface area contributed by atoms with Crippen molar-refractivity contribution in [1.29, 1.82) is 0 Å². The number of carbonyl (C=O) groups excluding carboxylic acids is 1. The fourth-order valence-electron chi connectivity index (χ4n) is 5.11. The Balaban J connectivity index is 1.05. The summed E-state index contributed by atoms with van der Waals surface area (Å²) in [6.07, 6.45) is 8.81. The van der Waals surface area contributed by atoms with Crippen molar-refractivity contribution in [2.45, 2.75) is 38.5 Å². The van der Waals surface area contributed by atoms with Crippen LogP contribution in [0.1, 0.15) is 38.5 Å². The van der Waals surface area contributed by atoms with Crippen LogP contribution in [0.2, 0.25) is 0 Å². The zero-order valence-electron chi connectivity index (χ0n) is 17.6. The average Bonchev–Trinajstić information content (AvgIpc) is 3.23. The summed E-state index contributed by atoms with van der Waals surface area (Å²) in [5, 5.41) is 7.50. The molecule has 2 fully saturated rings. The van der Waals surface area contributed by atoms with Crippen LogP contribution in [0.15, 0.2) is 29.4 Å². The molecule has 1 aliphatic carbocycles. The smallest absolute Gasteiger partial charge is 0.246 e. The highest BCUT2D eigenvalue weighted by molar-refractivity contribution is 7.13. The van der Waals surface area contributed by atoms with Crippen molar-refractivity contribution in [2.75, 3.05) is 44.2 Å². The number of amides is 1. The first-order valence-corrected chi connectivity index (χ1v) is 12.2. The predicted octanol–water partition coefficient (Wildman–Crippen LogP) is 3.83. The van der Waals surface area contributed by atoms with Gasteiger partial charge in [0.05, 0.1) is 4.70 Å². The van der Waals surface area contributed by atoms with Crippen LogP contribution >= 0.6 is 11.5 Å². The van der Waals surface area contributed by atoms with Gasteiger partial charge in [-0.25, -0.2) is 5.01 Å². The molecule has 2 aromatic rings. The topological polar surface area (TPSA) is 52.0 Å². The van der Waals surface area contributed by atoms with Crippen molar-refractivity contribution in [1.82, 2.24) is 14.3 Å². The number of fused-ring (bicyclic) bond motifs is 2. The molecule has 1 aromatic carbocycles. The first-order valence-electron chi connectivity index (χ1n) is 11.5. The molecule has 0 N–H and O–H groups in total. The van der Waals surface area contributed by atoms with E-state index < -0.39 is 0 Å². The van der Waals surface area contributed by atoms with Gasteiger partial charge in [0.2, 0.25) is 5.91 Å². The summed E-state index contributed by atoms with van der Waals surface area (Å²) >= 11 is 1.60. The van der Waals surface area contributed by atoms with Crippen molar-refractivity contribution in [3.05, 3.63) is 24.3 Å². The van der Waals surface area contributed by atoms with Crippen molar-refractivity contribution in [3.63, 3.8) is 0 Å². The number of nitrogens with zero attached hydrogens (tertiary/aromatic N) is 5. The molecule has 6 nitrogen and oxygen atoms in total. The molecule has 0 radical (unpaired) electrons. The summed E-state index contributed by atoms with van der Waals surface area (Å²) in [5.74, 6) is 2.02. The Morgan fingerprint density at radius 3 is 2.70 bits per heavy atom. The van der Waals surface area contributed by atoms with Crippen LogP contribution in [-0.4, -0.2) is 65.7 Å². The third-order valence-corrected chi connectivity index (χ3v) is 7.73. The van der Waals surface area contributed by atoms with Crippen LogP contribution in [0, 0.1) is 11.8 Å². The molecule has 0 bridgehead atoms. The van der Waals surface area contributed by atoms with Crippen LogP contribution in [0.3, 0.4) is 0 Å². The van der Waals surface area contributed by atoms with E-state index in [9.17, 15) is 4.79 Å². The highest BCUT2D eigenvalue weighted by Crippen LogP contribution is 2.33. The third kappa shape index (κ3) is 4.10. The molecule has 1 saturated carbocycles. The maximum atomic E-state index is 12.7. The number of anilines is 1.